The molecule has 0 bridgehead atoms. The normalized spacial score (nSPS) is 11.1. The van der Waals surface area contributed by atoms with Gasteiger partial charge in [-0.1, -0.05) is 38.1 Å². The fourth-order valence-electron chi connectivity index (χ4n) is 4.64. The van der Waals surface area contributed by atoms with Crippen LogP contribution < -0.4 is 10.1 Å². The highest BCUT2D eigenvalue weighted by Crippen LogP contribution is 2.38. The zero-order valence-corrected chi connectivity index (χ0v) is 23.4. The van der Waals surface area contributed by atoms with Gasteiger partial charge in [0.15, 0.2) is 0 Å². The molecule has 0 saturated carbocycles. The van der Waals surface area contributed by atoms with E-state index in [1.54, 1.807) is 13.0 Å². The van der Waals surface area contributed by atoms with Gasteiger partial charge in [-0.05, 0) is 67.6 Å². The molecule has 0 saturated heterocycles. The van der Waals surface area contributed by atoms with Crippen LogP contribution in [0.4, 0.5) is 5.00 Å². The molecule has 0 aliphatic heterocycles. The third-order valence-electron chi connectivity index (χ3n) is 6.51. The summed E-state index contributed by atoms with van der Waals surface area (Å²) in [7, 11) is 0. The lowest BCUT2D eigenvalue weighted by Gasteiger charge is -2.12. The number of aromatic nitrogens is 1. The van der Waals surface area contributed by atoms with Crippen molar-refractivity contribution in [1.82, 2.24) is 4.57 Å². The molecule has 4 aromatic rings. The summed E-state index contributed by atoms with van der Waals surface area (Å²) >= 11 is 1.31. The van der Waals surface area contributed by atoms with Gasteiger partial charge in [0.25, 0.3) is 5.91 Å². The van der Waals surface area contributed by atoms with Gasteiger partial charge >= 0.3 is 5.97 Å². The molecule has 0 fully saturated rings. The van der Waals surface area contributed by atoms with E-state index in [9.17, 15) is 9.59 Å². The summed E-state index contributed by atoms with van der Waals surface area (Å²) in [6.45, 7) is 15.2. The molecule has 1 amide bonds. The minimum atomic E-state index is -0.474. The second-order valence-corrected chi connectivity index (χ2v) is 10.2. The molecule has 2 heterocycles. The molecule has 0 aliphatic carbocycles. The van der Waals surface area contributed by atoms with E-state index in [4.69, 9.17) is 9.47 Å². The largest absolute Gasteiger partial charge is 0.494 e. The van der Waals surface area contributed by atoms with Gasteiger partial charge < -0.3 is 19.4 Å². The van der Waals surface area contributed by atoms with E-state index >= 15 is 0 Å². The highest BCUT2D eigenvalue weighted by atomic mass is 32.1. The third-order valence-corrected chi connectivity index (χ3v) is 7.40. The van der Waals surface area contributed by atoms with Gasteiger partial charge in [0.05, 0.1) is 13.2 Å². The monoisotopic (exact) mass is 530 g/mol. The van der Waals surface area contributed by atoms with E-state index in [1.165, 1.54) is 16.9 Å². The van der Waals surface area contributed by atoms with Gasteiger partial charge in [0, 0.05) is 28.4 Å². The van der Waals surface area contributed by atoms with E-state index in [2.05, 4.69) is 43.9 Å². The fourth-order valence-corrected chi connectivity index (χ4v) is 5.59. The summed E-state index contributed by atoms with van der Waals surface area (Å²) in [4.78, 5) is 26.9. The highest BCUT2D eigenvalue weighted by molar-refractivity contribution is 7.15. The van der Waals surface area contributed by atoms with Crippen LogP contribution in [-0.4, -0.2) is 29.7 Å². The van der Waals surface area contributed by atoms with Crippen LogP contribution in [0.2, 0.25) is 0 Å². The summed E-state index contributed by atoms with van der Waals surface area (Å²) in [5.41, 5.74) is 5.52. The van der Waals surface area contributed by atoms with E-state index < -0.39 is 5.97 Å². The molecular formula is C31H34N2O4S. The van der Waals surface area contributed by atoms with E-state index in [0.717, 1.165) is 27.8 Å². The maximum atomic E-state index is 13.8. The summed E-state index contributed by atoms with van der Waals surface area (Å²) in [6, 6.07) is 13.9. The molecule has 0 atom stereocenters. The van der Waals surface area contributed by atoms with Gasteiger partial charge in [-0.3, -0.25) is 4.79 Å². The van der Waals surface area contributed by atoms with E-state index in [-0.39, 0.29) is 12.5 Å². The van der Waals surface area contributed by atoms with Crippen molar-refractivity contribution in [3.63, 3.8) is 0 Å². The second kappa shape index (κ2) is 11.7. The number of nitrogens with zero attached hydrogens (tertiary/aromatic N) is 1. The Labute approximate surface area is 227 Å². The Balaban J connectivity index is 1.77. The number of thiophene rings is 1. The first kappa shape index (κ1) is 27.2. The van der Waals surface area contributed by atoms with Gasteiger partial charge in [-0.15, -0.1) is 17.9 Å². The van der Waals surface area contributed by atoms with Crippen LogP contribution in [0.3, 0.4) is 0 Å². The first-order valence-corrected chi connectivity index (χ1v) is 13.7. The van der Waals surface area contributed by atoms with Crippen LogP contribution >= 0.6 is 11.3 Å². The average molecular weight is 531 g/mol. The van der Waals surface area contributed by atoms with Crippen LogP contribution in [0, 0.1) is 6.92 Å². The molecule has 4 rings (SSSR count). The van der Waals surface area contributed by atoms with Crippen molar-refractivity contribution in [2.24, 2.45) is 0 Å². The number of allylic oxidation sites excluding steroid dienone is 1. The van der Waals surface area contributed by atoms with E-state index in [0.29, 0.717) is 40.9 Å². The summed E-state index contributed by atoms with van der Waals surface area (Å²) in [5.74, 6) is 0.372. The first-order chi connectivity index (χ1) is 18.3. The SMILES string of the molecule is C=CCn1c(C(=O)Nc2scc(-c3ccc(OCC)cc3)c2C(=O)OCC)c(C)c2cc(C(C)C)ccc21. The minimum absolute atomic E-state index is 0.232. The van der Waals surface area contributed by atoms with Gasteiger partial charge in [-0.25, -0.2) is 4.79 Å². The standard InChI is InChI=1S/C31H34N2O4S/c1-7-16-33-26-15-12-22(19(4)5)17-24(26)20(6)28(33)29(34)32-30-27(31(35)37-9-3)25(18-38-30)21-10-13-23(14-11-21)36-8-2/h7,10-15,17-19H,1,8-9,16H2,2-6H3,(H,32,34). The number of benzene rings is 2. The lowest BCUT2D eigenvalue weighted by Crippen LogP contribution is -2.19. The number of nitrogens with one attached hydrogen (secondary N) is 1. The highest BCUT2D eigenvalue weighted by Gasteiger charge is 2.26. The molecule has 0 unspecified atom stereocenters. The molecule has 7 heteroatoms. The molecular weight excluding hydrogens is 496 g/mol. The van der Waals surface area contributed by atoms with Gasteiger partial charge in [0.1, 0.15) is 22.0 Å². The Hall–Kier alpha value is -3.84. The zero-order valence-electron chi connectivity index (χ0n) is 22.6. The smallest absolute Gasteiger partial charge is 0.341 e. The van der Waals surface area contributed by atoms with Crippen LogP contribution in [0.25, 0.3) is 22.0 Å². The van der Waals surface area contributed by atoms with Crippen molar-refractivity contribution in [2.75, 3.05) is 18.5 Å². The predicted octanol–water partition coefficient (Wildman–Crippen LogP) is 7.82. The first-order valence-electron chi connectivity index (χ1n) is 12.9. The summed E-state index contributed by atoms with van der Waals surface area (Å²) in [6.07, 6.45) is 1.78. The number of fused-ring (bicyclic) bond motifs is 1. The molecule has 0 spiro atoms. The average Bonchev–Trinajstić information content (AvgIpc) is 3.43. The Morgan fingerprint density at radius 3 is 2.47 bits per heavy atom. The minimum Gasteiger partial charge on any atom is -0.494 e. The van der Waals surface area contributed by atoms with Gasteiger partial charge in [0.2, 0.25) is 0 Å². The number of amides is 1. The Bertz CT molecular complexity index is 1480. The van der Waals surface area contributed by atoms with Crippen LogP contribution in [-0.2, 0) is 11.3 Å². The lowest BCUT2D eigenvalue weighted by molar-refractivity contribution is 0.0529. The number of ether oxygens (including phenoxy) is 2. The Morgan fingerprint density at radius 1 is 1.11 bits per heavy atom. The number of carbonyl (C=O) groups is 2. The summed E-state index contributed by atoms with van der Waals surface area (Å²) < 4.78 is 12.9. The predicted molar refractivity (Wildman–Crippen MR) is 156 cm³/mol. The second-order valence-electron chi connectivity index (χ2n) is 9.29. The fraction of sp³-hybridized carbons (Fsp3) is 0.290. The topological polar surface area (TPSA) is 69.6 Å². The quantitative estimate of drug-likeness (QED) is 0.168. The third kappa shape index (κ3) is 5.24. The van der Waals surface area contributed by atoms with Crippen molar-refractivity contribution in [2.45, 2.75) is 47.1 Å². The summed E-state index contributed by atoms with van der Waals surface area (Å²) in [5, 5.41) is 6.39. The van der Waals surface area contributed by atoms with Crippen molar-refractivity contribution in [1.29, 1.82) is 0 Å². The number of anilines is 1. The molecule has 0 aliphatic rings. The van der Waals surface area contributed by atoms with Crippen molar-refractivity contribution in [3.8, 4) is 16.9 Å². The van der Waals surface area contributed by atoms with Crippen molar-refractivity contribution >= 4 is 39.1 Å². The van der Waals surface area contributed by atoms with Crippen LogP contribution in [0.5, 0.6) is 5.75 Å². The number of hydrogen-bond acceptors (Lipinski definition) is 5. The molecule has 0 radical (unpaired) electrons. The van der Waals surface area contributed by atoms with Crippen molar-refractivity contribution in [3.05, 3.63) is 82.9 Å². The number of esters is 1. The number of aryl methyl sites for hydroxylation is 1. The molecule has 38 heavy (non-hydrogen) atoms. The van der Waals surface area contributed by atoms with Crippen molar-refractivity contribution < 1.29 is 19.1 Å². The number of carbonyl (C=O) groups excluding carboxylic acids is 2. The number of hydrogen-bond donors (Lipinski definition) is 1. The lowest BCUT2D eigenvalue weighted by atomic mass is 10.0. The molecule has 2 aromatic carbocycles. The van der Waals surface area contributed by atoms with Crippen LogP contribution in [0.1, 0.15) is 65.6 Å². The van der Waals surface area contributed by atoms with Gasteiger partial charge in [-0.2, -0.15) is 0 Å². The Morgan fingerprint density at radius 2 is 1.84 bits per heavy atom. The maximum absolute atomic E-state index is 13.8. The molecule has 2 aromatic heterocycles. The molecule has 6 nitrogen and oxygen atoms in total. The number of rotatable bonds is 10. The van der Waals surface area contributed by atoms with E-state index in [1.807, 2.05) is 48.1 Å². The molecule has 1 N–H and O–H groups in total. The zero-order chi connectivity index (χ0) is 27.4. The maximum Gasteiger partial charge on any atom is 0.341 e. The van der Waals surface area contributed by atoms with Crippen LogP contribution in [0.15, 0.2) is 60.5 Å². The molecule has 198 valence electrons. The Kier molecular flexibility index (Phi) is 8.37.